The number of carbonyl (C=O) groups is 1. The van der Waals surface area contributed by atoms with Crippen LogP contribution in [0.1, 0.15) is 59.3 Å². The van der Waals surface area contributed by atoms with Crippen LogP contribution in [0.15, 0.2) is 23.8 Å². The highest BCUT2D eigenvalue weighted by atomic mass is 16.3. The van der Waals surface area contributed by atoms with E-state index in [2.05, 4.69) is 13.0 Å². The fraction of sp³-hybridized carbons (Fsp3) is 0.773. The predicted molar refractivity (Wildman–Crippen MR) is 99.3 cm³/mol. The Morgan fingerprint density at radius 3 is 2.69 bits per heavy atom. The molecule has 0 aromatic carbocycles. The third kappa shape index (κ3) is 2.15. The van der Waals surface area contributed by atoms with Gasteiger partial charge in [-0.25, -0.2) is 0 Å². The molecule has 0 aliphatic heterocycles. The molecule has 4 aliphatic rings. The average Bonchev–Trinajstić information content (AvgIpc) is 2.86. The summed E-state index contributed by atoms with van der Waals surface area (Å²) in [6.07, 6.45) is 8.85. The SMILES string of the molecule is CCC(=O)C1(O)CCC2C3CCC4=CC(O)C=CC4(C)C3C(O)CC21C. The van der Waals surface area contributed by atoms with Gasteiger partial charge in [-0.1, -0.05) is 44.6 Å². The second-order valence-electron chi connectivity index (χ2n) is 9.52. The lowest BCUT2D eigenvalue weighted by molar-refractivity contribution is -0.176. The Hall–Kier alpha value is -0.970. The lowest BCUT2D eigenvalue weighted by Crippen LogP contribution is -2.61. The molecule has 0 bridgehead atoms. The van der Waals surface area contributed by atoms with E-state index < -0.39 is 23.2 Å². The van der Waals surface area contributed by atoms with E-state index in [1.54, 1.807) is 0 Å². The van der Waals surface area contributed by atoms with Crippen LogP contribution in [-0.4, -0.2) is 38.9 Å². The van der Waals surface area contributed by atoms with Crippen molar-refractivity contribution in [1.29, 1.82) is 0 Å². The summed E-state index contributed by atoms with van der Waals surface area (Å²) in [5, 5.41) is 32.5. The van der Waals surface area contributed by atoms with Gasteiger partial charge in [0.1, 0.15) is 5.60 Å². The normalized spacial score (nSPS) is 52.7. The standard InChI is InChI=1S/C22H32O4/c1-4-18(25)22(26)10-8-16-15-6-5-13-11-14(23)7-9-20(13,2)19(15)17(24)12-21(16,22)3/h7,9,11,14-17,19,23-24,26H,4-6,8,10,12H2,1-3H3. The minimum Gasteiger partial charge on any atom is -0.393 e. The zero-order chi connectivity index (χ0) is 18.9. The molecule has 4 aliphatic carbocycles. The van der Waals surface area contributed by atoms with Crippen LogP contribution in [0.5, 0.6) is 0 Å². The van der Waals surface area contributed by atoms with Gasteiger partial charge < -0.3 is 15.3 Å². The zero-order valence-electron chi connectivity index (χ0n) is 16.1. The van der Waals surface area contributed by atoms with Gasteiger partial charge in [0.15, 0.2) is 5.78 Å². The largest absolute Gasteiger partial charge is 0.393 e. The van der Waals surface area contributed by atoms with Crippen molar-refractivity contribution < 1.29 is 20.1 Å². The Morgan fingerprint density at radius 2 is 2.00 bits per heavy atom. The third-order valence-electron chi connectivity index (χ3n) is 8.53. The average molecular weight is 360 g/mol. The van der Waals surface area contributed by atoms with Crippen LogP contribution in [0.4, 0.5) is 0 Å². The second-order valence-corrected chi connectivity index (χ2v) is 9.52. The van der Waals surface area contributed by atoms with Crippen molar-refractivity contribution in [3.8, 4) is 0 Å². The van der Waals surface area contributed by atoms with Crippen molar-refractivity contribution >= 4 is 5.78 Å². The molecule has 8 unspecified atom stereocenters. The molecule has 0 radical (unpaired) electrons. The molecule has 26 heavy (non-hydrogen) atoms. The molecule has 0 aromatic heterocycles. The van der Waals surface area contributed by atoms with Crippen molar-refractivity contribution in [2.45, 2.75) is 77.1 Å². The number of rotatable bonds is 2. The Labute approximate surface area is 156 Å². The molecule has 0 aromatic rings. The van der Waals surface area contributed by atoms with E-state index in [4.69, 9.17) is 0 Å². The summed E-state index contributed by atoms with van der Waals surface area (Å²) < 4.78 is 0. The first-order chi connectivity index (χ1) is 12.2. The maximum absolute atomic E-state index is 12.6. The van der Waals surface area contributed by atoms with E-state index in [0.717, 1.165) is 19.3 Å². The van der Waals surface area contributed by atoms with Gasteiger partial charge in [-0.15, -0.1) is 0 Å². The monoisotopic (exact) mass is 360 g/mol. The Balaban J connectivity index is 1.74. The van der Waals surface area contributed by atoms with E-state index in [9.17, 15) is 20.1 Å². The summed E-state index contributed by atoms with van der Waals surface area (Å²) in [5.74, 6) is 0.569. The fourth-order valence-electron chi connectivity index (χ4n) is 7.20. The van der Waals surface area contributed by atoms with Gasteiger partial charge in [0.05, 0.1) is 12.2 Å². The molecule has 0 amide bonds. The molecule has 0 spiro atoms. The first-order valence-electron chi connectivity index (χ1n) is 10.2. The number of allylic oxidation sites excluding steroid dienone is 2. The van der Waals surface area contributed by atoms with Crippen molar-refractivity contribution in [3.05, 3.63) is 23.8 Å². The number of aliphatic hydroxyl groups excluding tert-OH is 2. The summed E-state index contributed by atoms with van der Waals surface area (Å²) in [7, 11) is 0. The molecular formula is C22H32O4. The lowest BCUT2D eigenvalue weighted by Gasteiger charge is -2.59. The Bertz CT molecular complexity index is 682. The number of Topliss-reactive ketones (excluding diaryl/α,β-unsaturated/α-hetero) is 1. The minimum absolute atomic E-state index is 0.0727. The van der Waals surface area contributed by atoms with E-state index in [1.807, 2.05) is 26.0 Å². The van der Waals surface area contributed by atoms with Crippen LogP contribution >= 0.6 is 0 Å². The van der Waals surface area contributed by atoms with Crippen LogP contribution < -0.4 is 0 Å². The van der Waals surface area contributed by atoms with Gasteiger partial charge in [-0.3, -0.25) is 4.79 Å². The quantitative estimate of drug-likeness (QED) is 0.662. The van der Waals surface area contributed by atoms with Crippen LogP contribution in [0, 0.1) is 28.6 Å². The number of ketones is 1. The van der Waals surface area contributed by atoms with Crippen LogP contribution in [0.3, 0.4) is 0 Å². The van der Waals surface area contributed by atoms with E-state index in [1.165, 1.54) is 5.57 Å². The molecule has 4 nitrogen and oxygen atoms in total. The van der Waals surface area contributed by atoms with Gasteiger partial charge in [0.2, 0.25) is 0 Å². The third-order valence-corrected chi connectivity index (χ3v) is 8.53. The molecule has 4 rings (SSSR count). The second kappa shape index (κ2) is 5.76. The van der Waals surface area contributed by atoms with Crippen molar-refractivity contribution in [2.75, 3.05) is 0 Å². The molecule has 3 fully saturated rings. The number of hydrogen-bond donors (Lipinski definition) is 3. The first kappa shape index (κ1) is 18.4. The topological polar surface area (TPSA) is 77.8 Å². The summed E-state index contributed by atoms with van der Waals surface area (Å²) in [6.45, 7) is 6.03. The van der Waals surface area contributed by atoms with Gasteiger partial charge in [0.25, 0.3) is 0 Å². The van der Waals surface area contributed by atoms with Crippen LogP contribution in [0.2, 0.25) is 0 Å². The molecule has 4 heteroatoms. The highest BCUT2D eigenvalue weighted by molar-refractivity contribution is 5.88. The summed E-state index contributed by atoms with van der Waals surface area (Å²) >= 11 is 0. The summed E-state index contributed by atoms with van der Waals surface area (Å²) in [5.41, 5.74) is -0.850. The molecule has 0 saturated heterocycles. The first-order valence-corrected chi connectivity index (χ1v) is 10.2. The molecule has 8 atom stereocenters. The van der Waals surface area contributed by atoms with Gasteiger partial charge in [-0.2, -0.15) is 0 Å². The summed E-state index contributed by atoms with van der Waals surface area (Å²) in [6, 6.07) is 0. The van der Waals surface area contributed by atoms with Crippen molar-refractivity contribution in [1.82, 2.24) is 0 Å². The number of carbonyl (C=O) groups excluding carboxylic acids is 1. The van der Waals surface area contributed by atoms with E-state index in [-0.39, 0.29) is 23.0 Å². The van der Waals surface area contributed by atoms with Gasteiger partial charge in [-0.05, 0) is 43.9 Å². The number of fused-ring (bicyclic) bond motifs is 5. The molecule has 0 heterocycles. The van der Waals surface area contributed by atoms with E-state index >= 15 is 0 Å². The lowest BCUT2D eigenvalue weighted by atomic mass is 9.46. The van der Waals surface area contributed by atoms with Crippen molar-refractivity contribution in [3.63, 3.8) is 0 Å². The maximum Gasteiger partial charge on any atom is 0.164 e. The zero-order valence-corrected chi connectivity index (χ0v) is 16.1. The summed E-state index contributed by atoms with van der Waals surface area (Å²) in [4.78, 5) is 12.6. The highest BCUT2D eigenvalue weighted by Crippen LogP contribution is 2.67. The highest BCUT2D eigenvalue weighted by Gasteiger charge is 2.67. The maximum atomic E-state index is 12.6. The Kier molecular flexibility index (Phi) is 4.08. The molecule has 3 saturated carbocycles. The predicted octanol–water partition coefficient (Wildman–Crippen LogP) is 2.77. The van der Waals surface area contributed by atoms with Crippen LogP contribution in [-0.2, 0) is 4.79 Å². The van der Waals surface area contributed by atoms with E-state index in [0.29, 0.717) is 25.2 Å². The molecule has 144 valence electrons. The van der Waals surface area contributed by atoms with Crippen LogP contribution in [0.25, 0.3) is 0 Å². The van der Waals surface area contributed by atoms with Gasteiger partial charge >= 0.3 is 0 Å². The number of hydrogen-bond acceptors (Lipinski definition) is 4. The smallest absolute Gasteiger partial charge is 0.164 e. The molecule has 3 N–H and O–H groups in total. The fourth-order valence-corrected chi connectivity index (χ4v) is 7.20. The number of aliphatic hydroxyl groups is 3. The Morgan fingerprint density at radius 1 is 1.27 bits per heavy atom. The van der Waals surface area contributed by atoms with Crippen molar-refractivity contribution in [2.24, 2.45) is 28.6 Å². The molecular weight excluding hydrogens is 328 g/mol. The minimum atomic E-state index is -1.30. The van der Waals surface area contributed by atoms with Gasteiger partial charge in [0, 0.05) is 23.2 Å².